The zero-order valence-corrected chi connectivity index (χ0v) is 9.88. The maximum atomic E-state index is 12.8. The molecule has 94 valence electrons. The highest BCUT2D eigenvalue weighted by Crippen LogP contribution is 2.39. The summed E-state index contributed by atoms with van der Waals surface area (Å²) >= 11 is 0. The number of rotatable bonds is 5. The van der Waals surface area contributed by atoms with E-state index in [1.165, 1.54) is 13.2 Å². The first kappa shape index (κ1) is 12.3. The Morgan fingerprint density at radius 3 is 2.65 bits per heavy atom. The molecule has 1 aromatic rings. The van der Waals surface area contributed by atoms with Crippen molar-refractivity contribution in [1.82, 2.24) is 0 Å². The molecule has 1 aromatic carbocycles. The van der Waals surface area contributed by atoms with E-state index in [2.05, 4.69) is 0 Å². The minimum Gasteiger partial charge on any atom is -0.496 e. The Morgan fingerprint density at radius 2 is 2.12 bits per heavy atom. The molecule has 0 saturated heterocycles. The molecule has 0 bridgehead atoms. The number of methoxy groups -OCH3 is 1. The van der Waals surface area contributed by atoms with Crippen molar-refractivity contribution in [3.63, 3.8) is 0 Å². The van der Waals surface area contributed by atoms with Crippen LogP contribution in [0.15, 0.2) is 18.2 Å². The van der Waals surface area contributed by atoms with Crippen LogP contribution in [0.25, 0.3) is 0 Å². The summed E-state index contributed by atoms with van der Waals surface area (Å²) in [5, 5.41) is 0. The summed E-state index contributed by atoms with van der Waals surface area (Å²) in [5.74, 6) is 0.312. The predicted octanol–water partition coefficient (Wildman–Crippen LogP) is 3.06. The number of nitrogens with two attached hydrogens (primary N) is 1. The SMILES string of the molecule is COc1c(CCC2(N)CC2)cccc1C(F)F. The van der Waals surface area contributed by atoms with Crippen molar-refractivity contribution >= 4 is 0 Å². The molecule has 1 saturated carbocycles. The van der Waals surface area contributed by atoms with Crippen molar-refractivity contribution in [3.8, 4) is 5.75 Å². The van der Waals surface area contributed by atoms with Crippen LogP contribution in [0.1, 0.15) is 36.8 Å². The first-order valence-corrected chi connectivity index (χ1v) is 5.78. The van der Waals surface area contributed by atoms with Crippen LogP contribution >= 0.6 is 0 Å². The molecular formula is C13H17F2NO. The third-order valence-corrected chi connectivity index (χ3v) is 3.35. The van der Waals surface area contributed by atoms with Crippen LogP contribution in [0.5, 0.6) is 5.75 Å². The minimum absolute atomic E-state index is 0.0353. The van der Waals surface area contributed by atoms with Crippen LogP contribution in [0.3, 0.4) is 0 Å². The first-order chi connectivity index (χ1) is 8.06. The lowest BCUT2D eigenvalue weighted by atomic mass is 10.0. The molecule has 2 rings (SSSR count). The summed E-state index contributed by atoms with van der Waals surface area (Å²) in [6, 6.07) is 4.88. The molecule has 1 fully saturated rings. The Morgan fingerprint density at radius 1 is 1.41 bits per heavy atom. The summed E-state index contributed by atoms with van der Waals surface area (Å²) in [4.78, 5) is 0. The fourth-order valence-electron chi connectivity index (χ4n) is 2.02. The van der Waals surface area contributed by atoms with Crippen LogP contribution in [0, 0.1) is 0 Å². The van der Waals surface area contributed by atoms with Crippen LogP contribution in [0.2, 0.25) is 0 Å². The molecule has 0 spiro atoms. The number of halogens is 2. The number of aryl methyl sites for hydroxylation is 1. The third-order valence-electron chi connectivity index (χ3n) is 3.35. The van der Waals surface area contributed by atoms with Gasteiger partial charge in [-0.2, -0.15) is 0 Å². The molecule has 1 aliphatic carbocycles. The van der Waals surface area contributed by atoms with Crippen LogP contribution < -0.4 is 10.5 Å². The smallest absolute Gasteiger partial charge is 0.267 e. The second kappa shape index (κ2) is 4.61. The quantitative estimate of drug-likeness (QED) is 0.859. The summed E-state index contributed by atoms with van der Waals surface area (Å²) in [5.41, 5.74) is 6.72. The lowest BCUT2D eigenvalue weighted by Crippen LogP contribution is -2.22. The highest BCUT2D eigenvalue weighted by atomic mass is 19.3. The summed E-state index contributed by atoms with van der Waals surface area (Å²) in [6.45, 7) is 0. The van der Waals surface area contributed by atoms with Gasteiger partial charge in [-0.15, -0.1) is 0 Å². The second-order valence-electron chi connectivity index (χ2n) is 4.70. The third kappa shape index (κ3) is 2.75. The van der Waals surface area contributed by atoms with E-state index in [0.29, 0.717) is 12.2 Å². The Hall–Kier alpha value is -1.16. The average Bonchev–Trinajstić information content (AvgIpc) is 3.04. The maximum absolute atomic E-state index is 12.8. The molecule has 1 aliphatic rings. The van der Waals surface area contributed by atoms with Crippen LogP contribution in [-0.4, -0.2) is 12.6 Å². The second-order valence-corrected chi connectivity index (χ2v) is 4.70. The number of benzene rings is 1. The van der Waals surface area contributed by atoms with Gasteiger partial charge in [0, 0.05) is 5.54 Å². The van der Waals surface area contributed by atoms with Gasteiger partial charge >= 0.3 is 0 Å². The van der Waals surface area contributed by atoms with Crippen molar-refractivity contribution in [3.05, 3.63) is 29.3 Å². The zero-order chi connectivity index (χ0) is 12.5. The minimum atomic E-state index is -2.50. The maximum Gasteiger partial charge on any atom is 0.267 e. The molecule has 17 heavy (non-hydrogen) atoms. The van der Waals surface area contributed by atoms with Gasteiger partial charge in [-0.1, -0.05) is 12.1 Å². The van der Waals surface area contributed by atoms with Gasteiger partial charge in [0.2, 0.25) is 0 Å². The number of alkyl halides is 2. The number of ether oxygens (including phenoxy) is 1. The van der Waals surface area contributed by atoms with Crippen molar-refractivity contribution in [2.45, 2.75) is 37.6 Å². The van der Waals surface area contributed by atoms with Gasteiger partial charge in [-0.25, -0.2) is 8.78 Å². The number of hydrogen-bond acceptors (Lipinski definition) is 2. The average molecular weight is 241 g/mol. The topological polar surface area (TPSA) is 35.2 Å². The molecule has 0 unspecified atom stereocenters. The highest BCUT2D eigenvalue weighted by Gasteiger charge is 2.37. The molecule has 0 atom stereocenters. The van der Waals surface area contributed by atoms with Crippen molar-refractivity contribution in [2.24, 2.45) is 5.73 Å². The predicted molar refractivity (Wildman–Crippen MR) is 62.4 cm³/mol. The molecule has 0 radical (unpaired) electrons. The molecule has 0 aliphatic heterocycles. The zero-order valence-electron chi connectivity index (χ0n) is 9.88. The molecule has 2 N–H and O–H groups in total. The van der Waals surface area contributed by atoms with Gasteiger partial charge in [-0.05, 0) is 37.3 Å². The highest BCUT2D eigenvalue weighted by molar-refractivity contribution is 5.42. The first-order valence-electron chi connectivity index (χ1n) is 5.78. The van der Waals surface area contributed by atoms with Gasteiger partial charge < -0.3 is 10.5 Å². The van der Waals surface area contributed by atoms with E-state index < -0.39 is 6.43 Å². The lowest BCUT2D eigenvalue weighted by molar-refractivity contribution is 0.147. The standard InChI is InChI=1S/C13H17F2NO/c1-17-11-9(5-6-13(16)7-8-13)3-2-4-10(11)12(14)15/h2-4,12H,5-8,16H2,1H3. The molecular weight excluding hydrogens is 224 g/mol. The summed E-state index contributed by atoms with van der Waals surface area (Å²) in [7, 11) is 1.43. The fourth-order valence-corrected chi connectivity index (χ4v) is 2.02. The van der Waals surface area contributed by atoms with Crippen molar-refractivity contribution < 1.29 is 13.5 Å². The Labute approximate surface area is 99.8 Å². The molecule has 0 amide bonds. The van der Waals surface area contributed by atoms with Gasteiger partial charge in [0.15, 0.2) is 0 Å². The van der Waals surface area contributed by atoms with Gasteiger partial charge in [0.05, 0.1) is 12.7 Å². The van der Waals surface area contributed by atoms with E-state index in [9.17, 15) is 8.78 Å². The van der Waals surface area contributed by atoms with Crippen molar-refractivity contribution in [2.75, 3.05) is 7.11 Å². The van der Waals surface area contributed by atoms with E-state index in [1.807, 2.05) is 6.07 Å². The summed E-state index contributed by atoms with van der Waals surface area (Å²) < 4.78 is 30.7. The molecule has 0 aromatic heterocycles. The monoisotopic (exact) mass is 241 g/mol. The van der Waals surface area contributed by atoms with E-state index in [1.54, 1.807) is 6.07 Å². The Balaban J connectivity index is 2.17. The van der Waals surface area contributed by atoms with E-state index in [0.717, 1.165) is 24.8 Å². The van der Waals surface area contributed by atoms with Gasteiger partial charge in [0.1, 0.15) is 5.75 Å². The number of hydrogen-bond donors (Lipinski definition) is 1. The normalized spacial score (nSPS) is 17.2. The van der Waals surface area contributed by atoms with Gasteiger partial charge in [0.25, 0.3) is 6.43 Å². The Kier molecular flexibility index (Phi) is 3.33. The number of para-hydroxylation sites is 1. The van der Waals surface area contributed by atoms with Gasteiger partial charge in [-0.3, -0.25) is 0 Å². The van der Waals surface area contributed by atoms with E-state index in [-0.39, 0.29) is 11.1 Å². The van der Waals surface area contributed by atoms with Crippen LogP contribution in [-0.2, 0) is 6.42 Å². The van der Waals surface area contributed by atoms with Crippen molar-refractivity contribution in [1.29, 1.82) is 0 Å². The van der Waals surface area contributed by atoms with Crippen LogP contribution in [0.4, 0.5) is 8.78 Å². The largest absolute Gasteiger partial charge is 0.496 e. The van der Waals surface area contributed by atoms with E-state index in [4.69, 9.17) is 10.5 Å². The molecule has 4 heteroatoms. The van der Waals surface area contributed by atoms with E-state index >= 15 is 0 Å². The Bertz CT molecular complexity index is 402. The fraction of sp³-hybridized carbons (Fsp3) is 0.538. The molecule has 0 heterocycles. The summed E-state index contributed by atoms with van der Waals surface area (Å²) in [6.07, 6.45) is 1.09. The lowest BCUT2D eigenvalue weighted by Gasteiger charge is -2.14. The molecule has 2 nitrogen and oxygen atoms in total.